The number of nitrogens with zero attached hydrogens (tertiary/aromatic N) is 1. The van der Waals surface area contributed by atoms with Gasteiger partial charge in [0.25, 0.3) is 0 Å². The molecule has 17 heavy (non-hydrogen) atoms. The first-order chi connectivity index (χ1) is 8.27. The second-order valence-corrected chi connectivity index (χ2v) is 5.64. The van der Waals surface area contributed by atoms with Crippen molar-refractivity contribution in [1.82, 2.24) is 4.90 Å². The van der Waals surface area contributed by atoms with Gasteiger partial charge in [0.1, 0.15) is 0 Å². The number of anilines is 1. The van der Waals surface area contributed by atoms with Crippen LogP contribution in [0.25, 0.3) is 0 Å². The van der Waals surface area contributed by atoms with E-state index in [9.17, 15) is 5.11 Å². The lowest BCUT2D eigenvalue weighted by Gasteiger charge is -2.23. The summed E-state index contributed by atoms with van der Waals surface area (Å²) in [5.74, 6) is 2.40. The third kappa shape index (κ3) is 3.63. The fraction of sp³-hybridized carbons (Fsp3) is 0.538. The quantitative estimate of drug-likeness (QED) is 0.805. The Hall–Kier alpha value is -0.710. The summed E-state index contributed by atoms with van der Waals surface area (Å²) in [5, 5.41) is 10.2. The lowest BCUT2D eigenvalue weighted by Crippen LogP contribution is -2.30. The Kier molecular flexibility index (Phi) is 4.71. The van der Waals surface area contributed by atoms with Crippen LogP contribution in [0.2, 0.25) is 0 Å². The lowest BCUT2D eigenvalue weighted by atomic mass is 10.1. The van der Waals surface area contributed by atoms with Gasteiger partial charge < -0.3 is 10.8 Å². The number of thioether (sulfide) groups is 1. The van der Waals surface area contributed by atoms with Crippen LogP contribution in [0.5, 0.6) is 0 Å². The summed E-state index contributed by atoms with van der Waals surface area (Å²) >= 11 is 2.00. The highest BCUT2D eigenvalue weighted by atomic mass is 32.2. The molecule has 1 aromatic rings. The predicted molar refractivity (Wildman–Crippen MR) is 74.2 cm³/mol. The fourth-order valence-electron chi connectivity index (χ4n) is 2.14. The third-order valence-corrected chi connectivity index (χ3v) is 4.15. The van der Waals surface area contributed by atoms with Gasteiger partial charge in [-0.2, -0.15) is 11.8 Å². The first-order valence-corrected chi connectivity index (χ1v) is 7.25. The Balaban J connectivity index is 1.96. The molecule has 1 saturated heterocycles. The van der Waals surface area contributed by atoms with Crippen LogP contribution in [-0.4, -0.2) is 41.1 Å². The van der Waals surface area contributed by atoms with E-state index in [2.05, 4.69) is 4.90 Å². The smallest absolute Gasteiger partial charge is 0.0936 e. The minimum Gasteiger partial charge on any atom is -0.398 e. The Bertz CT molecular complexity index is 351. The van der Waals surface area contributed by atoms with E-state index in [1.807, 2.05) is 36.0 Å². The Morgan fingerprint density at radius 3 is 2.94 bits per heavy atom. The van der Waals surface area contributed by atoms with E-state index < -0.39 is 6.10 Å². The molecule has 4 heteroatoms. The molecule has 1 atom stereocenters. The second-order valence-electron chi connectivity index (χ2n) is 4.41. The summed E-state index contributed by atoms with van der Waals surface area (Å²) in [6.45, 7) is 2.83. The number of hydrogen-bond donors (Lipinski definition) is 2. The molecule has 1 unspecified atom stereocenters. The minimum atomic E-state index is -0.473. The summed E-state index contributed by atoms with van der Waals surface area (Å²) in [7, 11) is 0. The van der Waals surface area contributed by atoms with Crippen molar-refractivity contribution in [3.63, 3.8) is 0 Å². The second kappa shape index (κ2) is 6.28. The largest absolute Gasteiger partial charge is 0.398 e. The van der Waals surface area contributed by atoms with Crippen molar-refractivity contribution in [2.45, 2.75) is 12.5 Å². The van der Waals surface area contributed by atoms with Crippen LogP contribution in [0, 0.1) is 0 Å². The van der Waals surface area contributed by atoms with Crippen LogP contribution in [0.15, 0.2) is 24.3 Å². The zero-order valence-electron chi connectivity index (χ0n) is 10.0. The van der Waals surface area contributed by atoms with Gasteiger partial charge in [-0.05, 0) is 24.8 Å². The van der Waals surface area contributed by atoms with Crippen LogP contribution >= 0.6 is 11.8 Å². The normalized spacial score (nSPS) is 19.8. The maximum atomic E-state index is 10.2. The number of nitrogens with two attached hydrogens (primary N) is 1. The van der Waals surface area contributed by atoms with Crippen molar-refractivity contribution in [2.24, 2.45) is 0 Å². The maximum absolute atomic E-state index is 10.2. The minimum absolute atomic E-state index is 0.473. The molecule has 94 valence electrons. The van der Waals surface area contributed by atoms with Crippen LogP contribution in [0.3, 0.4) is 0 Å². The molecule has 0 aromatic heterocycles. The van der Waals surface area contributed by atoms with Gasteiger partial charge in [0.2, 0.25) is 0 Å². The zero-order valence-corrected chi connectivity index (χ0v) is 10.8. The zero-order chi connectivity index (χ0) is 12.1. The van der Waals surface area contributed by atoms with Gasteiger partial charge in [-0.15, -0.1) is 0 Å². The Morgan fingerprint density at radius 1 is 1.29 bits per heavy atom. The first-order valence-electron chi connectivity index (χ1n) is 6.10. The van der Waals surface area contributed by atoms with E-state index >= 15 is 0 Å². The number of hydrogen-bond acceptors (Lipinski definition) is 4. The highest BCUT2D eigenvalue weighted by Gasteiger charge is 2.16. The molecule has 0 spiro atoms. The van der Waals surface area contributed by atoms with Crippen LogP contribution in [0.1, 0.15) is 18.1 Å². The van der Waals surface area contributed by atoms with Gasteiger partial charge in [-0.1, -0.05) is 18.2 Å². The molecule has 3 nitrogen and oxygen atoms in total. The average Bonchev–Trinajstić information content (AvgIpc) is 2.58. The van der Waals surface area contributed by atoms with E-state index in [0.717, 1.165) is 24.4 Å². The molecule has 0 aliphatic carbocycles. The van der Waals surface area contributed by atoms with Gasteiger partial charge in [0.15, 0.2) is 0 Å². The Labute approximate surface area is 107 Å². The summed E-state index contributed by atoms with van der Waals surface area (Å²) in [6, 6.07) is 7.57. The van der Waals surface area contributed by atoms with Crippen molar-refractivity contribution < 1.29 is 5.11 Å². The third-order valence-electron chi connectivity index (χ3n) is 3.10. The van der Waals surface area contributed by atoms with E-state index in [0.29, 0.717) is 12.2 Å². The molecule has 3 N–H and O–H groups in total. The van der Waals surface area contributed by atoms with E-state index in [1.165, 1.54) is 12.2 Å². The molecule has 1 heterocycles. The maximum Gasteiger partial charge on any atom is 0.0936 e. The van der Waals surface area contributed by atoms with E-state index in [1.54, 1.807) is 0 Å². The molecule has 0 saturated carbocycles. The predicted octanol–water partition coefficient (Wildman–Crippen LogP) is 1.74. The van der Waals surface area contributed by atoms with Crippen LogP contribution < -0.4 is 5.73 Å². The van der Waals surface area contributed by atoms with E-state index in [4.69, 9.17) is 5.73 Å². The number of para-hydroxylation sites is 1. The molecular weight excluding hydrogens is 232 g/mol. The highest BCUT2D eigenvalue weighted by Crippen LogP contribution is 2.21. The monoisotopic (exact) mass is 252 g/mol. The lowest BCUT2D eigenvalue weighted by molar-refractivity contribution is 0.118. The summed E-state index contributed by atoms with van der Waals surface area (Å²) in [5.41, 5.74) is 7.41. The SMILES string of the molecule is Nc1ccccc1C(O)CN1CCCSCC1. The van der Waals surface area contributed by atoms with Gasteiger partial charge in [-0.3, -0.25) is 4.90 Å². The van der Waals surface area contributed by atoms with Crippen molar-refractivity contribution in [1.29, 1.82) is 0 Å². The topological polar surface area (TPSA) is 49.5 Å². The van der Waals surface area contributed by atoms with Crippen LogP contribution in [-0.2, 0) is 0 Å². The number of nitrogen functional groups attached to an aromatic ring is 1. The summed E-state index contributed by atoms with van der Waals surface area (Å²) in [6.07, 6.45) is 0.737. The molecule has 1 fully saturated rings. The molecular formula is C13H20N2OS. The number of aliphatic hydroxyl groups excluding tert-OH is 1. The molecule has 0 radical (unpaired) electrons. The first kappa shape index (κ1) is 12.7. The van der Waals surface area contributed by atoms with Crippen molar-refractivity contribution in [3.05, 3.63) is 29.8 Å². The van der Waals surface area contributed by atoms with Gasteiger partial charge >= 0.3 is 0 Å². The van der Waals surface area contributed by atoms with Gasteiger partial charge in [0.05, 0.1) is 6.10 Å². The average molecular weight is 252 g/mol. The fourth-order valence-corrected chi connectivity index (χ4v) is 3.06. The highest BCUT2D eigenvalue weighted by molar-refractivity contribution is 7.99. The molecule has 1 aliphatic heterocycles. The molecule has 0 bridgehead atoms. The van der Waals surface area contributed by atoms with Gasteiger partial charge in [0, 0.05) is 30.1 Å². The van der Waals surface area contributed by atoms with Crippen molar-refractivity contribution in [2.75, 3.05) is 36.9 Å². The van der Waals surface area contributed by atoms with Gasteiger partial charge in [-0.25, -0.2) is 0 Å². The molecule has 0 amide bonds. The molecule has 2 rings (SSSR count). The number of aliphatic hydroxyl groups is 1. The van der Waals surface area contributed by atoms with Crippen molar-refractivity contribution in [3.8, 4) is 0 Å². The number of rotatable bonds is 3. The standard InChI is InChI=1S/C13H20N2OS/c14-12-5-2-1-4-11(12)13(16)10-15-6-3-8-17-9-7-15/h1-2,4-5,13,16H,3,6-10,14H2. The van der Waals surface area contributed by atoms with E-state index in [-0.39, 0.29) is 0 Å². The summed E-state index contributed by atoms with van der Waals surface area (Å²) < 4.78 is 0. The van der Waals surface area contributed by atoms with Crippen LogP contribution in [0.4, 0.5) is 5.69 Å². The van der Waals surface area contributed by atoms with Crippen molar-refractivity contribution >= 4 is 17.4 Å². The summed E-state index contributed by atoms with van der Waals surface area (Å²) in [4.78, 5) is 2.33. The Morgan fingerprint density at radius 2 is 2.12 bits per heavy atom. The molecule has 1 aliphatic rings. The number of benzene rings is 1. The number of β-amino-alcohol motifs (C(OH)–C–C–N with tert-alkyl or cyclic N) is 1. The molecule has 1 aromatic carbocycles.